The minimum atomic E-state index is -1.14. The van der Waals surface area contributed by atoms with Crippen LogP contribution in [0.15, 0.2) is 24.3 Å². The minimum Gasteiger partial charge on any atom is -0.341 e. The molecule has 25 heavy (non-hydrogen) atoms. The fourth-order valence-corrected chi connectivity index (χ4v) is 3.58. The molecular weight excluding hydrogens is 318 g/mol. The van der Waals surface area contributed by atoms with E-state index in [1.165, 1.54) is 0 Å². The lowest BCUT2D eigenvalue weighted by atomic mass is 9.91. The molecule has 2 atom stereocenters. The molecule has 3 rings (SSSR count). The van der Waals surface area contributed by atoms with Crippen LogP contribution in [-0.2, 0) is 15.1 Å². The van der Waals surface area contributed by atoms with Crippen LogP contribution in [0.2, 0.25) is 0 Å². The van der Waals surface area contributed by atoms with E-state index in [-0.39, 0.29) is 11.8 Å². The van der Waals surface area contributed by atoms with Gasteiger partial charge in [0, 0.05) is 13.1 Å². The number of rotatable bonds is 3. The van der Waals surface area contributed by atoms with Gasteiger partial charge in [-0.25, -0.2) is 9.69 Å². The Kier molecular flexibility index (Phi) is 4.54. The SMILES string of the molecule is Cc1ccc([C@]2(C)NC(=O)N([C@H](C)C(=O)N3CCCCC3)C2=O)cc1. The molecule has 6 heteroatoms. The van der Waals surface area contributed by atoms with E-state index < -0.39 is 17.6 Å². The second kappa shape index (κ2) is 6.50. The zero-order valence-electron chi connectivity index (χ0n) is 15.0. The Labute approximate surface area is 148 Å². The van der Waals surface area contributed by atoms with Crippen LogP contribution in [0.25, 0.3) is 0 Å². The average molecular weight is 343 g/mol. The van der Waals surface area contributed by atoms with Crippen molar-refractivity contribution in [1.82, 2.24) is 15.1 Å². The highest BCUT2D eigenvalue weighted by Gasteiger charge is 2.52. The monoisotopic (exact) mass is 343 g/mol. The largest absolute Gasteiger partial charge is 0.341 e. The second-order valence-electron chi connectivity index (χ2n) is 7.16. The Bertz CT molecular complexity index is 694. The van der Waals surface area contributed by atoms with Crippen molar-refractivity contribution in [2.24, 2.45) is 0 Å². The molecule has 1 N–H and O–H groups in total. The molecule has 6 nitrogen and oxygen atoms in total. The Morgan fingerprint density at radius 2 is 1.72 bits per heavy atom. The van der Waals surface area contributed by atoms with Gasteiger partial charge in [0.05, 0.1) is 0 Å². The molecule has 0 radical (unpaired) electrons. The number of carbonyl (C=O) groups excluding carboxylic acids is 3. The van der Waals surface area contributed by atoms with Gasteiger partial charge >= 0.3 is 6.03 Å². The topological polar surface area (TPSA) is 69.7 Å². The summed E-state index contributed by atoms with van der Waals surface area (Å²) in [5, 5.41) is 2.77. The molecule has 4 amide bonds. The van der Waals surface area contributed by atoms with Crippen molar-refractivity contribution in [1.29, 1.82) is 0 Å². The van der Waals surface area contributed by atoms with Gasteiger partial charge in [-0.1, -0.05) is 29.8 Å². The highest BCUT2D eigenvalue weighted by atomic mass is 16.2. The van der Waals surface area contributed by atoms with E-state index in [0.29, 0.717) is 13.1 Å². The molecule has 0 spiro atoms. The van der Waals surface area contributed by atoms with Crippen LogP contribution < -0.4 is 5.32 Å². The summed E-state index contributed by atoms with van der Waals surface area (Å²) >= 11 is 0. The number of amides is 4. The summed E-state index contributed by atoms with van der Waals surface area (Å²) in [6, 6.07) is 6.20. The molecule has 134 valence electrons. The summed E-state index contributed by atoms with van der Waals surface area (Å²) in [6.45, 7) is 6.68. The van der Waals surface area contributed by atoms with E-state index in [9.17, 15) is 14.4 Å². The number of imide groups is 1. The van der Waals surface area contributed by atoms with E-state index in [4.69, 9.17) is 0 Å². The van der Waals surface area contributed by atoms with Gasteiger partial charge in [0.2, 0.25) is 5.91 Å². The van der Waals surface area contributed by atoms with E-state index >= 15 is 0 Å². The minimum absolute atomic E-state index is 0.156. The normalized spacial score (nSPS) is 25.1. The molecule has 0 aromatic heterocycles. The summed E-state index contributed by atoms with van der Waals surface area (Å²) in [7, 11) is 0. The van der Waals surface area contributed by atoms with Gasteiger partial charge in [-0.2, -0.15) is 0 Å². The standard InChI is InChI=1S/C19H25N3O3/c1-13-7-9-15(10-8-13)19(3)17(24)22(18(25)20-19)14(2)16(23)21-11-5-4-6-12-21/h7-10,14H,4-6,11-12H2,1-3H3,(H,20,25)/t14-,19+/m1/s1. The van der Waals surface area contributed by atoms with E-state index in [1.54, 1.807) is 18.7 Å². The van der Waals surface area contributed by atoms with Crippen molar-refractivity contribution in [3.8, 4) is 0 Å². The Hall–Kier alpha value is -2.37. The first-order chi connectivity index (χ1) is 11.8. The van der Waals surface area contributed by atoms with Crippen molar-refractivity contribution < 1.29 is 14.4 Å². The van der Waals surface area contributed by atoms with Crippen LogP contribution in [-0.4, -0.2) is 46.8 Å². The second-order valence-corrected chi connectivity index (χ2v) is 7.16. The molecule has 2 saturated heterocycles. The molecule has 2 fully saturated rings. The maximum absolute atomic E-state index is 13.0. The van der Waals surface area contributed by atoms with Crippen LogP contribution in [0.1, 0.15) is 44.2 Å². The fraction of sp³-hybridized carbons (Fsp3) is 0.526. The molecule has 0 bridgehead atoms. The summed E-state index contributed by atoms with van der Waals surface area (Å²) in [5.41, 5.74) is 0.660. The van der Waals surface area contributed by atoms with Crippen molar-refractivity contribution in [2.45, 2.75) is 51.6 Å². The van der Waals surface area contributed by atoms with Crippen LogP contribution in [0.4, 0.5) is 4.79 Å². The number of urea groups is 1. The molecular formula is C19H25N3O3. The summed E-state index contributed by atoms with van der Waals surface area (Å²) < 4.78 is 0. The molecule has 1 aromatic rings. The summed E-state index contributed by atoms with van der Waals surface area (Å²) in [5.74, 6) is -0.532. The zero-order chi connectivity index (χ0) is 18.2. The number of hydrogen-bond acceptors (Lipinski definition) is 3. The quantitative estimate of drug-likeness (QED) is 0.855. The lowest BCUT2D eigenvalue weighted by Gasteiger charge is -2.32. The number of benzene rings is 1. The number of piperidine rings is 1. The van der Waals surface area contributed by atoms with Crippen LogP contribution in [0, 0.1) is 6.92 Å². The lowest BCUT2D eigenvalue weighted by molar-refractivity contribution is -0.143. The molecule has 0 saturated carbocycles. The number of hydrogen-bond donors (Lipinski definition) is 1. The molecule has 2 heterocycles. The Morgan fingerprint density at radius 1 is 1.12 bits per heavy atom. The smallest absolute Gasteiger partial charge is 0.326 e. The van der Waals surface area contributed by atoms with E-state index in [2.05, 4.69) is 5.32 Å². The van der Waals surface area contributed by atoms with Gasteiger partial charge < -0.3 is 10.2 Å². The average Bonchev–Trinajstić information content (AvgIpc) is 2.85. The van der Waals surface area contributed by atoms with Gasteiger partial charge in [0.25, 0.3) is 5.91 Å². The van der Waals surface area contributed by atoms with Gasteiger partial charge in [-0.05, 0) is 45.6 Å². The van der Waals surface area contributed by atoms with E-state index in [1.807, 2.05) is 31.2 Å². The highest BCUT2D eigenvalue weighted by molar-refractivity contribution is 6.09. The maximum Gasteiger partial charge on any atom is 0.326 e. The predicted octanol–water partition coefficient (Wildman–Crippen LogP) is 2.16. The first-order valence-electron chi connectivity index (χ1n) is 8.86. The molecule has 1 aromatic carbocycles. The molecule has 2 aliphatic rings. The number of nitrogens with zero attached hydrogens (tertiary/aromatic N) is 2. The molecule has 0 aliphatic carbocycles. The molecule has 0 unspecified atom stereocenters. The number of carbonyl (C=O) groups is 3. The Balaban J connectivity index is 1.83. The van der Waals surface area contributed by atoms with Crippen molar-refractivity contribution in [3.05, 3.63) is 35.4 Å². The predicted molar refractivity (Wildman–Crippen MR) is 93.8 cm³/mol. The third kappa shape index (κ3) is 3.01. The van der Waals surface area contributed by atoms with Gasteiger partial charge in [-0.15, -0.1) is 0 Å². The van der Waals surface area contributed by atoms with Crippen LogP contribution >= 0.6 is 0 Å². The summed E-state index contributed by atoms with van der Waals surface area (Å²) in [4.78, 5) is 41.1. The number of aryl methyl sites for hydroxylation is 1. The van der Waals surface area contributed by atoms with Crippen LogP contribution in [0.5, 0.6) is 0 Å². The summed E-state index contributed by atoms with van der Waals surface area (Å²) in [6.07, 6.45) is 3.06. The zero-order valence-corrected chi connectivity index (χ0v) is 15.0. The maximum atomic E-state index is 13.0. The fourth-order valence-electron chi connectivity index (χ4n) is 3.58. The Morgan fingerprint density at radius 3 is 2.32 bits per heavy atom. The first-order valence-corrected chi connectivity index (χ1v) is 8.86. The highest BCUT2D eigenvalue weighted by Crippen LogP contribution is 2.30. The van der Waals surface area contributed by atoms with Gasteiger partial charge in [0.1, 0.15) is 11.6 Å². The molecule has 2 aliphatic heterocycles. The van der Waals surface area contributed by atoms with Gasteiger partial charge in [0.15, 0.2) is 0 Å². The van der Waals surface area contributed by atoms with Crippen molar-refractivity contribution >= 4 is 17.8 Å². The number of nitrogens with one attached hydrogen (secondary N) is 1. The first kappa shape index (κ1) is 17.5. The van der Waals surface area contributed by atoms with Crippen LogP contribution in [0.3, 0.4) is 0 Å². The van der Waals surface area contributed by atoms with Crippen molar-refractivity contribution in [2.75, 3.05) is 13.1 Å². The number of likely N-dealkylation sites (tertiary alicyclic amines) is 1. The third-order valence-electron chi connectivity index (χ3n) is 5.26. The van der Waals surface area contributed by atoms with E-state index in [0.717, 1.165) is 35.3 Å². The van der Waals surface area contributed by atoms with Crippen molar-refractivity contribution in [3.63, 3.8) is 0 Å². The van der Waals surface area contributed by atoms with Gasteiger partial charge in [-0.3, -0.25) is 9.59 Å². The lowest BCUT2D eigenvalue weighted by Crippen LogP contribution is -2.51. The third-order valence-corrected chi connectivity index (χ3v) is 5.26.